The van der Waals surface area contributed by atoms with Crippen molar-refractivity contribution in [3.05, 3.63) is 39.7 Å². The van der Waals surface area contributed by atoms with Gasteiger partial charge in [0, 0.05) is 19.6 Å². The predicted molar refractivity (Wildman–Crippen MR) is 53.6 cm³/mol. The van der Waals surface area contributed by atoms with Gasteiger partial charge in [-0.1, -0.05) is 0 Å². The van der Waals surface area contributed by atoms with Crippen LogP contribution >= 0.6 is 0 Å². The minimum atomic E-state index is -0.751. The maximum atomic E-state index is 13.3. The molecule has 0 saturated carbocycles. The number of nitro benzene ring substituents is 1. The van der Waals surface area contributed by atoms with Gasteiger partial charge in [-0.2, -0.15) is 0 Å². The van der Waals surface area contributed by atoms with E-state index in [1.807, 2.05) is 0 Å². The summed E-state index contributed by atoms with van der Waals surface area (Å²) >= 11 is 0. The highest BCUT2D eigenvalue weighted by Crippen LogP contribution is 2.17. The zero-order valence-corrected chi connectivity index (χ0v) is 8.60. The quantitative estimate of drug-likeness (QED) is 0.564. The molecule has 0 aliphatic rings. The van der Waals surface area contributed by atoms with E-state index in [-0.39, 0.29) is 30.1 Å². The first-order valence-corrected chi connectivity index (χ1v) is 4.48. The zero-order chi connectivity index (χ0) is 12.1. The van der Waals surface area contributed by atoms with Gasteiger partial charge < -0.3 is 4.74 Å². The van der Waals surface area contributed by atoms with Crippen LogP contribution in [0.3, 0.4) is 0 Å². The molecule has 0 heterocycles. The highest BCUT2D eigenvalue weighted by Gasteiger charge is 2.12. The van der Waals surface area contributed by atoms with Crippen molar-refractivity contribution in [1.29, 1.82) is 0 Å². The standard InChI is InChI=1S/C10H10FNO4/c1-16-6-9(13)4-7-2-3-8(12(14)15)5-10(7)11/h2-3,5H,4,6H2,1H3. The number of carbonyl (C=O) groups is 1. The van der Waals surface area contributed by atoms with E-state index in [4.69, 9.17) is 0 Å². The summed E-state index contributed by atoms with van der Waals surface area (Å²) in [4.78, 5) is 20.8. The second-order valence-corrected chi connectivity index (χ2v) is 3.18. The second kappa shape index (κ2) is 5.32. The third-order valence-corrected chi connectivity index (χ3v) is 1.94. The number of Topliss-reactive ketones (excluding diaryl/α,β-unsaturated/α-hetero) is 1. The normalized spacial score (nSPS) is 10.1. The van der Waals surface area contributed by atoms with Crippen molar-refractivity contribution in [2.24, 2.45) is 0 Å². The van der Waals surface area contributed by atoms with Gasteiger partial charge in [0.2, 0.25) is 0 Å². The summed E-state index contributed by atoms with van der Waals surface area (Å²) in [5, 5.41) is 10.3. The van der Waals surface area contributed by atoms with E-state index in [1.165, 1.54) is 19.2 Å². The van der Waals surface area contributed by atoms with E-state index in [9.17, 15) is 19.3 Å². The molecule has 0 unspecified atom stereocenters. The Labute approximate surface area is 91.0 Å². The van der Waals surface area contributed by atoms with Crippen molar-refractivity contribution >= 4 is 11.5 Å². The minimum Gasteiger partial charge on any atom is -0.377 e. The van der Waals surface area contributed by atoms with E-state index in [0.29, 0.717) is 0 Å². The van der Waals surface area contributed by atoms with Gasteiger partial charge in [-0.3, -0.25) is 14.9 Å². The Morgan fingerprint density at radius 1 is 1.56 bits per heavy atom. The molecule has 16 heavy (non-hydrogen) atoms. The van der Waals surface area contributed by atoms with Crippen molar-refractivity contribution in [3.63, 3.8) is 0 Å². The topological polar surface area (TPSA) is 69.4 Å². The van der Waals surface area contributed by atoms with Crippen LogP contribution < -0.4 is 0 Å². The average molecular weight is 227 g/mol. The first-order valence-electron chi connectivity index (χ1n) is 4.48. The lowest BCUT2D eigenvalue weighted by atomic mass is 10.1. The highest BCUT2D eigenvalue weighted by atomic mass is 19.1. The maximum Gasteiger partial charge on any atom is 0.272 e. The number of methoxy groups -OCH3 is 1. The van der Waals surface area contributed by atoms with Gasteiger partial charge >= 0.3 is 0 Å². The fraction of sp³-hybridized carbons (Fsp3) is 0.300. The molecule has 0 atom stereocenters. The van der Waals surface area contributed by atoms with E-state index in [1.54, 1.807) is 0 Å². The fourth-order valence-corrected chi connectivity index (χ4v) is 1.22. The van der Waals surface area contributed by atoms with Crippen molar-refractivity contribution in [2.45, 2.75) is 6.42 Å². The van der Waals surface area contributed by atoms with Crippen molar-refractivity contribution < 1.29 is 18.8 Å². The number of rotatable bonds is 5. The van der Waals surface area contributed by atoms with Crippen LogP contribution in [0.25, 0.3) is 0 Å². The van der Waals surface area contributed by atoms with Gasteiger partial charge in [0.15, 0.2) is 5.78 Å². The molecule has 1 aromatic carbocycles. The molecule has 0 fully saturated rings. The number of nitro groups is 1. The molecule has 0 saturated heterocycles. The van der Waals surface area contributed by atoms with Crippen LogP contribution in [0.1, 0.15) is 5.56 Å². The highest BCUT2D eigenvalue weighted by molar-refractivity contribution is 5.82. The first-order chi connectivity index (χ1) is 7.54. The molecule has 0 aliphatic carbocycles. The van der Waals surface area contributed by atoms with Gasteiger partial charge in [-0.05, 0) is 11.6 Å². The lowest BCUT2D eigenvalue weighted by Crippen LogP contribution is -2.10. The van der Waals surface area contributed by atoms with Gasteiger partial charge in [0.25, 0.3) is 5.69 Å². The van der Waals surface area contributed by atoms with Crippen LogP contribution in [-0.2, 0) is 16.0 Å². The Morgan fingerprint density at radius 2 is 2.25 bits per heavy atom. The summed E-state index contributed by atoms with van der Waals surface area (Å²) in [5.74, 6) is -1.03. The largest absolute Gasteiger partial charge is 0.377 e. The molecule has 86 valence electrons. The summed E-state index contributed by atoms with van der Waals surface area (Å²) < 4.78 is 17.9. The minimum absolute atomic E-state index is 0.101. The van der Waals surface area contributed by atoms with Crippen LogP contribution in [0, 0.1) is 15.9 Å². The number of halogens is 1. The molecule has 0 bridgehead atoms. The molecule has 1 aromatic rings. The maximum absolute atomic E-state index is 13.3. The Morgan fingerprint density at radius 3 is 2.75 bits per heavy atom. The van der Waals surface area contributed by atoms with Crippen molar-refractivity contribution in [3.8, 4) is 0 Å². The molecule has 0 N–H and O–H groups in total. The monoisotopic (exact) mass is 227 g/mol. The summed E-state index contributed by atoms with van der Waals surface area (Å²) in [6.45, 7) is -0.101. The van der Waals surface area contributed by atoms with E-state index in [0.717, 1.165) is 6.07 Å². The first kappa shape index (κ1) is 12.3. The third-order valence-electron chi connectivity index (χ3n) is 1.94. The summed E-state index contributed by atoms with van der Waals surface area (Å²) in [7, 11) is 1.37. The number of carbonyl (C=O) groups excluding carboxylic acids is 1. The van der Waals surface area contributed by atoms with Crippen molar-refractivity contribution in [1.82, 2.24) is 0 Å². The zero-order valence-electron chi connectivity index (χ0n) is 8.60. The summed E-state index contributed by atoms with van der Waals surface area (Å²) in [5.41, 5.74) is -0.201. The molecule has 0 aromatic heterocycles. The third kappa shape index (κ3) is 3.09. The number of ketones is 1. The SMILES string of the molecule is COCC(=O)Cc1ccc([N+](=O)[O-])cc1F. The van der Waals surface area contributed by atoms with E-state index < -0.39 is 10.7 Å². The number of benzene rings is 1. The number of non-ortho nitro benzene ring substituents is 1. The van der Waals surface area contributed by atoms with Gasteiger partial charge in [0.05, 0.1) is 11.0 Å². The summed E-state index contributed by atoms with van der Waals surface area (Å²) in [6, 6.07) is 3.20. The van der Waals surface area contributed by atoms with Gasteiger partial charge in [-0.25, -0.2) is 4.39 Å². The van der Waals surface area contributed by atoms with E-state index >= 15 is 0 Å². The fourth-order valence-electron chi connectivity index (χ4n) is 1.22. The Hall–Kier alpha value is -1.82. The van der Waals surface area contributed by atoms with Gasteiger partial charge in [0.1, 0.15) is 12.4 Å². The summed E-state index contributed by atoms with van der Waals surface area (Å²) in [6.07, 6.45) is -0.127. The number of ether oxygens (including phenoxy) is 1. The smallest absolute Gasteiger partial charge is 0.272 e. The molecule has 6 heteroatoms. The second-order valence-electron chi connectivity index (χ2n) is 3.18. The molecular formula is C10H10FNO4. The van der Waals surface area contributed by atoms with Crippen LogP contribution in [-0.4, -0.2) is 24.4 Å². The number of hydrogen-bond donors (Lipinski definition) is 0. The predicted octanol–water partition coefficient (Wildman–Crippen LogP) is 1.49. The average Bonchev–Trinajstić information content (AvgIpc) is 2.21. The molecule has 5 nitrogen and oxygen atoms in total. The molecule has 0 aliphatic heterocycles. The molecule has 1 rings (SSSR count). The molecule has 0 amide bonds. The van der Waals surface area contributed by atoms with Crippen LogP contribution in [0.15, 0.2) is 18.2 Å². The Kier molecular flexibility index (Phi) is 4.07. The van der Waals surface area contributed by atoms with Crippen LogP contribution in [0.2, 0.25) is 0 Å². The lowest BCUT2D eigenvalue weighted by Gasteiger charge is -2.02. The van der Waals surface area contributed by atoms with Crippen molar-refractivity contribution in [2.75, 3.05) is 13.7 Å². The molecule has 0 spiro atoms. The number of nitrogens with zero attached hydrogens (tertiary/aromatic N) is 1. The molecular weight excluding hydrogens is 217 g/mol. The number of hydrogen-bond acceptors (Lipinski definition) is 4. The van der Waals surface area contributed by atoms with Crippen LogP contribution in [0.4, 0.5) is 10.1 Å². The van der Waals surface area contributed by atoms with E-state index in [2.05, 4.69) is 4.74 Å². The van der Waals surface area contributed by atoms with Crippen LogP contribution in [0.5, 0.6) is 0 Å². The Balaban J connectivity index is 2.83. The lowest BCUT2D eigenvalue weighted by molar-refractivity contribution is -0.385. The Bertz CT molecular complexity index is 419. The van der Waals surface area contributed by atoms with Gasteiger partial charge in [-0.15, -0.1) is 0 Å². The molecule has 0 radical (unpaired) electrons.